The van der Waals surface area contributed by atoms with Crippen LogP contribution in [0.3, 0.4) is 0 Å². The van der Waals surface area contributed by atoms with Gasteiger partial charge in [0.1, 0.15) is 0 Å². The Bertz CT molecular complexity index is 664. The van der Waals surface area contributed by atoms with Crippen molar-refractivity contribution in [3.05, 3.63) is 45.7 Å². The van der Waals surface area contributed by atoms with E-state index in [4.69, 9.17) is 4.74 Å². The minimum absolute atomic E-state index is 0.114. The van der Waals surface area contributed by atoms with E-state index in [1.54, 1.807) is 18.2 Å². The molecule has 0 aliphatic rings. The zero-order valence-corrected chi connectivity index (χ0v) is 12.3. The second-order valence-electron chi connectivity index (χ2n) is 4.11. The van der Waals surface area contributed by atoms with E-state index in [1.807, 2.05) is 13.0 Å². The van der Waals surface area contributed by atoms with Crippen molar-refractivity contribution >= 4 is 26.8 Å². The van der Waals surface area contributed by atoms with Crippen molar-refractivity contribution in [2.75, 3.05) is 6.61 Å². The maximum absolute atomic E-state index is 12.4. The highest BCUT2D eigenvalue weighted by molar-refractivity contribution is 9.10. The summed E-state index contributed by atoms with van der Waals surface area (Å²) in [5, 5.41) is 0.570. The average molecular weight is 323 g/mol. The average Bonchev–Trinajstić information content (AvgIpc) is 2.41. The third kappa shape index (κ3) is 2.87. The lowest BCUT2D eigenvalue weighted by molar-refractivity contribution is 0.276. The van der Waals surface area contributed by atoms with Crippen LogP contribution in [0, 0.1) is 0 Å². The minimum atomic E-state index is -0.114. The van der Waals surface area contributed by atoms with Gasteiger partial charge in [-0.05, 0) is 24.6 Å². The van der Waals surface area contributed by atoms with Crippen LogP contribution in [-0.2, 0) is 6.54 Å². The van der Waals surface area contributed by atoms with Gasteiger partial charge in [-0.2, -0.15) is 4.98 Å². The molecule has 1 aromatic carbocycles. The molecule has 0 aliphatic carbocycles. The number of fused-ring (bicyclic) bond motifs is 1. The molecule has 0 saturated carbocycles. The van der Waals surface area contributed by atoms with Crippen LogP contribution in [0.25, 0.3) is 10.9 Å². The fraction of sp³-hybridized carbons (Fsp3) is 0.286. The van der Waals surface area contributed by atoms with Crippen molar-refractivity contribution < 1.29 is 4.74 Å². The SMILES string of the molecule is C=CCn1c(OCCC)nc2ccc(Br)cc2c1=O. The molecule has 2 rings (SSSR count). The Morgan fingerprint density at radius 2 is 2.32 bits per heavy atom. The third-order valence-electron chi connectivity index (χ3n) is 2.63. The smallest absolute Gasteiger partial charge is 0.300 e. The summed E-state index contributed by atoms with van der Waals surface area (Å²) in [6, 6.07) is 5.78. The maximum atomic E-state index is 12.4. The molecule has 4 nitrogen and oxygen atoms in total. The van der Waals surface area contributed by atoms with Gasteiger partial charge in [0.2, 0.25) is 0 Å². The van der Waals surface area contributed by atoms with Gasteiger partial charge >= 0.3 is 0 Å². The molecule has 0 fully saturated rings. The first-order valence-electron chi connectivity index (χ1n) is 6.11. The second-order valence-corrected chi connectivity index (χ2v) is 5.02. The molecule has 0 aliphatic heterocycles. The first-order valence-corrected chi connectivity index (χ1v) is 6.90. The third-order valence-corrected chi connectivity index (χ3v) is 3.12. The van der Waals surface area contributed by atoms with E-state index in [0.717, 1.165) is 10.9 Å². The predicted octanol–water partition coefficient (Wildman–Crippen LogP) is 3.13. The van der Waals surface area contributed by atoms with Crippen molar-refractivity contribution in [1.82, 2.24) is 9.55 Å². The van der Waals surface area contributed by atoms with Gasteiger partial charge in [-0.25, -0.2) is 0 Å². The van der Waals surface area contributed by atoms with E-state index in [9.17, 15) is 4.79 Å². The molecule has 0 N–H and O–H groups in total. The van der Waals surface area contributed by atoms with Gasteiger partial charge < -0.3 is 4.74 Å². The van der Waals surface area contributed by atoms with E-state index in [-0.39, 0.29) is 5.56 Å². The number of aromatic nitrogens is 2. The zero-order valence-electron chi connectivity index (χ0n) is 10.7. The summed E-state index contributed by atoms with van der Waals surface area (Å²) in [7, 11) is 0. The number of rotatable bonds is 5. The van der Waals surface area contributed by atoms with Crippen LogP contribution in [0.15, 0.2) is 40.1 Å². The molecule has 0 atom stereocenters. The van der Waals surface area contributed by atoms with E-state index in [0.29, 0.717) is 30.1 Å². The molecule has 0 unspecified atom stereocenters. The van der Waals surface area contributed by atoms with Crippen LogP contribution >= 0.6 is 15.9 Å². The molecule has 0 bridgehead atoms. The molecular formula is C14H15BrN2O2. The van der Waals surface area contributed by atoms with Crippen LogP contribution in [0.5, 0.6) is 6.01 Å². The van der Waals surface area contributed by atoms with Crippen LogP contribution in [0.4, 0.5) is 0 Å². The number of halogens is 1. The molecule has 19 heavy (non-hydrogen) atoms. The molecular weight excluding hydrogens is 308 g/mol. The van der Waals surface area contributed by atoms with Gasteiger partial charge in [0, 0.05) is 11.0 Å². The number of hydrogen-bond donors (Lipinski definition) is 0. The standard InChI is InChI=1S/C14H15BrN2O2/c1-3-7-17-13(18)11-9-10(15)5-6-12(11)16-14(17)19-8-4-2/h3,5-6,9H,1,4,7-8H2,2H3. The Kier molecular flexibility index (Phi) is 4.37. The molecule has 0 spiro atoms. The summed E-state index contributed by atoms with van der Waals surface area (Å²) in [5.74, 6) is 0. The summed E-state index contributed by atoms with van der Waals surface area (Å²) in [6.07, 6.45) is 2.52. The fourth-order valence-electron chi connectivity index (χ4n) is 1.77. The predicted molar refractivity (Wildman–Crippen MR) is 79.7 cm³/mol. The molecule has 0 saturated heterocycles. The van der Waals surface area contributed by atoms with E-state index >= 15 is 0 Å². The summed E-state index contributed by atoms with van der Waals surface area (Å²) >= 11 is 3.36. The second kappa shape index (κ2) is 6.02. The number of allylic oxidation sites excluding steroid dienone is 1. The van der Waals surface area contributed by atoms with Gasteiger partial charge in [-0.15, -0.1) is 6.58 Å². The van der Waals surface area contributed by atoms with Crippen LogP contribution in [0.2, 0.25) is 0 Å². The van der Waals surface area contributed by atoms with Gasteiger partial charge in [0.25, 0.3) is 11.6 Å². The quantitative estimate of drug-likeness (QED) is 0.794. The first-order chi connectivity index (χ1) is 9.17. The van der Waals surface area contributed by atoms with Gasteiger partial charge in [0.15, 0.2) is 0 Å². The highest BCUT2D eigenvalue weighted by atomic mass is 79.9. The summed E-state index contributed by atoms with van der Waals surface area (Å²) in [6.45, 7) is 6.59. The molecule has 100 valence electrons. The lowest BCUT2D eigenvalue weighted by atomic mass is 10.2. The van der Waals surface area contributed by atoms with Gasteiger partial charge in [-0.3, -0.25) is 9.36 Å². The van der Waals surface area contributed by atoms with Gasteiger partial charge in [-0.1, -0.05) is 28.9 Å². The monoisotopic (exact) mass is 322 g/mol. The lowest BCUT2D eigenvalue weighted by Gasteiger charge is -2.12. The summed E-state index contributed by atoms with van der Waals surface area (Å²) in [5.41, 5.74) is 0.525. The molecule has 1 aromatic heterocycles. The number of benzene rings is 1. The minimum Gasteiger partial charge on any atom is -0.465 e. The van der Waals surface area contributed by atoms with Crippen LogP contribution in [-0.4, -0.2) is 16.2 Å². The maximum Gasteiger partial charge on any atom is 0.300 e. The molecule has 5 heteroatoms. The van der Waals surface area contributed by atoms with Crippen molar-refractivity contribution in [2.24, 2.45) is 0 Å². The molecule has 2 aromatic rings. The largest absolute Gasteiger partial charge is 0.465 e. The summed E-state index contributed by atoms with van der Waals surface area (Å²) < 4.78 is 7.90. The number of ether oxygens (including phenoxy) is 1. The highest BCUT2D eigenvalue weighted by Crippen LogP contribution is 2.18. The van der Waals surface area contributed by atoms with Crippen molar-refractivity contribution in [1.29, 1.82) is 0 Å². The topological polar surface area (TPSA) is 44.1 Å². The summed E-state index contributed by atoms with van der Waals surface area (Å²) in [4.78, 5) is 16.8. The molecule has 0 radical (unpaired) electrons. The Labute approximate surface area is 119 Å². The molecule has 1 heterocycles. The van der Waals surface area contributed by atoms with Crippen LogP contribution < -0.4 is 10.3 Å². The van der Waals surface area contributed by atoms with E-state index < -0.39 is 0 Å². The Morgan fingerprint density at radius 3 is 3.00 bits per heavy atom. The fourth-order valence-corrected chi connectivity index (χ4v) is 2.13. The Morgan fingerprint density at radius 1 is 1.53 bits per heavy atom. The zero-order chi connectivity index (χ0) is 13.8. The highest BCUT2D eigenvalue weighted by Gasteiger charge is 2.11. The lowest BCUT2D eigenvalue weighted by Crippen LogP contribution is -2.23. The first kappa shape index (κ1) is 13.8. The van der Waals surface area contributed by atoms with Crippen LogP contribution in [0.1, 0.15) is 13.3 Å². The Balaban J connectivity index is 2.66. The van der Waals surface area contributed by atoms with Gasteiger partial charge in [0.05, 0.1) is 17.5 Å². The Hall–Kier alpha value is -1.62. The molecule has 0 amide bonds. The van der Waals surface area contributed by atoms with Crippen molar-refractivity contribution in [3.63, 3.8) is 0 Å². The van der Waals surface area contributed by atoms with E-state index in [2.05, 4.69) is 27.5 Å². The van der Waals surface area contributed by atoms with Crippen molar-refractivity contribution in [3.8, 4) is 6.01 Å². The van der Waals surface area contributed by atoms with E-state index in [1.165, 1.54) is 4.57 Å². The van der Waals surface area contributed by atoms with Crippen molar-refractivity contribution in [2.45, 2.75) is 19.9 Å². The number of nitrogens with zero attached hydrogens (tertiary/aromatic N) is 2. The number of hydrogen-bond acceptors (Lipinski definition) is 3. The normalized spacial score (nSPS) is 10.6.